The Labute approximate surface area is 146 Å². The van der Waals surface area contributed by atoms with Crippen LogP contribution in [0.2, 0.25) is 0 Å². The quantitative estimate of drug-likeness (QED) is 0.794. The third-order valence-electron chi connectivity index (χ3n) is 4.61. The highest BCUT2D eigenvalue weighted by atomic mass is 16.2. The lowest BCUT2D eigenvalue weighted by Crippen LogP contribution is -2.44. The molecule has 1 aromatic carbocycles. The molecule has 0 spiro atoms. The maximum absolute atomic E-state index is 13.0. The van der Waals surface area contributed by atoms with E-state index >= 15 is 0 Å². The molecule has 0 aliphatic carbocycles. The Kier molecular flexibility index (Phi) is 4.09. The predicted molar refractivity (Wildman–Crippen MR) is 94.0 cm³/mol. The molecule has 0 saturated carbocycles. The van der Waals surface area contributed by atoms with Crippen LogP contribution in [-0.4, -0.2) is 31.3 Å². The van der Waals surface area contributed by atoms with Gasteiger partial charge >= 0.3 is 0 Å². The number of carbonyl (C=O) groups excluding carboxylic acids is 1. The van der Waals surface area contributed by atoms with Crippen LogP contribution in [-0.2, 0) is 17.8 Å². The molecule has 1 N–H and O–H groups in total. The first kappa shape index (κ1) is 15.6. The van der Waals surface area contributed by atoms with E-state index in [0.29, 0.717) is 0 Å². The Morgan fingerprint density at radius 2 is 2.12 bits per heavy atom. The lowest BCUT2D eigenvalue weighted by atomic mass is 10.0. The predicted octanol–water partition coefficient (Wildman–Crippen LogP) is 2.11. The first-order valence-electron chi connectivity index (χ1n) is 8.58. The van der Waals surface area contributed by atoms with Gasteiger partial charge in [-0.1, -0.05) is 30.3 Å². The summed E-state index contributed by atoms with van der Waals surface area (Å²) in [6.45, 7) is 2.77. The molecular weight excluding hydrogens is 314 g/mol. The van der Waals surface area contributed by atoms with Gasteiger partial charge in [0.25, 0.3) is 0 Å². The van der Waals surface area contributed by atoms with Crippen molar-refractivity contribution in [3.05, 3.63) is 72.1 Å². The van der Waals surface area contributed by atoms with Gasteiger partial charge in [0.1, 0.15) is 5.82 Å². The minimum Gasteiger partial charge on any atom is -0.349 e. The second kappa shape index (κ2) is 6.55. The molecule has 0 bridgehead atoms. The fraction of sp³-hybridized carbons (Fsp3) is 0.316. The Bertz CT molecular complexity index is 853. The summed E-state index contributed by atoms with van der Waals surface area (Å²) in [7, 11) is 0. The molecule has 128 valence electrons. The number of aryl methyl sites for hydroxylation is 2. The van der Waals surface area contributed by atoms with Gasteiger partial charge in [-0.3, -0.25) is 9.48 Å². The van der Waals surface area contributed by atoms with Crippen molar-refractivity contribution < 1.29 is 4.79 Å². The monoisotopic (exact) mass is 335 g/mol. The molecule has 1 aliphatic heterocycles. The van der Waals surface area contributed by atoms with E-state index in [4.69, 9.17) is 0 Å². The van der Waals surface area contributed by atoms with Gasteiger partial charge in [0.2, 0.25) is 5.91 Å². The molecule has 0 radical (unpaired) electrons. The maximum atomic E-state index is 13.0. The summed E-state index contributed by atoms with van der Waals surface area (Å²) in [5, 5.41) is 7.49. The molecule has 4 rings (SSSR count). The largest absolute Gasteiger partial charge is 0.349 e. The van der Waals surface area contributed by atoms with E-state index in [0.717, 1.165) is 36.5 Å². The molecule has 3 aromatic rings. The number of rotatable bonds is 4. The number of hydrogen-bond acceptors (Lipinski definition) is 3. The molecule has 3 heterocycles. The summed E-state index contributed by atoms with van der Waals surface area (Å²) in [4.78, 5) is 17.6. The maximum Gasteiger partial charge on any atom is 0.249 e. The lowest BCUT2D eigenvalue weighted by molar-refractivity contribution is -0.124. The highest BCUT2D eigenvalue weighted by molar-refractivity contribution is 5.83. The summed E-state index contributed by atoms with van der Waals surface area (Å²) in [5.74, 6) is 1.08. The number of benzene rings is 1. The summed E-state index contributed by atoms with van der Waals surface area (Å²) in [5.41, 5.74) is 1.96. The van der Waals surface area contributed by atoms with Crippen molar-refractivity contribution in [3.63, 3.8) is 0 Å². The van der Waals surface area contributed by atoms with Gasteiger partial charge in [-0.25, -0.2) is 4.98 Å². The highest BCUT2D eigenvalue weighted by Crippen LogP contribution is 2.20. The summed E-state index contributed by atoms with van der Waals surface area (Å²) >= 11 is 0. The van der Waals surface area contributed by atoms with Crippen molar-refractivity contribution in [2.75, 3.05) is 0 Å². The van der Waals surface area contributed by atoms with E-state index in [1.807, 2.05) is 49.5 Å². The zero-order chi connectivity index (χ0) is 17.2. The molecular formula is C19H21N5O. The fourth-order valence-corrected chi connectivity index (χ4v) is 3.48. The first-order valence-corrected chi connectivity index (χ1v) is 8.58. The molecule has 1 aliphatic rings. The van der Waals surface area contributed by atoms with Crippen LogP contribution in [0.1, 0.15) is 29.5 Å². The third-order valence-corrected chi connectivity index (χ3v) is 4.61. The summed E-state index contributed by atoms with van der Waals surface area (Å²) in [6, 6.07) is 11.3. The number of fused-ring (bicyclic) bond motifs is 1. The Balaban J connectivity index is 1.54. The van der Waals surface area contributed by atoms with Gasteiger partial charge in [-0.05, 0) is 25.0 Å². The van der Waals surface area contributed by atoms with E-state index in [2.05, 4.69) is 26.2 Å². The van der Waals surface area contributed by atoms with Gasteiger partial charge in [-0.15, -0.1) is 0 Å². The van der Waals surface area contributed by atoms with Crippen molar-refractivity contribution in [3.8, 4) is 0 Å². The number of hydrogen-bond donors (Lipinski definition) is 1. The highest BCUT2D eigenvalue weighted by Gasteiger charge is 2.27. The summed E-state index contributed by atoms with van der Waals surface area (Å²) < 4.78 is 3.86. The second-order valence-electron chi connectivity index (χ2n) is 6.49. The molecule has 1 amide bonds. The molecule has 6 heteroatoms. The molecule has 2 aromatic heterocycles. The Hall–Kier alpha value is -2.89. The smallest absolute Gasteiger partial charge is 0.249 e. The zero-order valence-corrected chi connectivity index (χ0v) is 14.2. The van der Waals surface area contributed by atoms with Crippen LogP contribution >= 0.6 is 0 Å². The number of imidazole rings is 1. The Morgan fingerprint density at radius 1 is 1.28 bits per heavy atom. The lowest BCUT2D eigenvalue weighted by Gasteiger charge is -2.27. The number of nitrogens with one attached hydrogen (secondary N) is 1. The molecule has 6 nitrogen and oxygen atoms in total. The molecule has 25 heavy (non-hydrogen) atoms. The van der Waals surface area contributed by atoms with Gasteiger partial charge in [0, 0.05) is 37.6 Å². The number of amides is 1. The summed E-state index contributed by atoms with van der Waals surface area (Å²) in [6.07, 6.45) is 7.37. The van der Waals surface area contributed by atoms with E-state index in [-0.39, 0.29) is 11.9 Å². The van der Waals surface area contributed by atoms with Gasteiger partial charge in [-0.2, -0.15) is 5.10 Å². The SMILES string of the molecule is Cc1cn2c(n1)CC[C@H](NC(=O)[C@@H](c1ccccc1)n1cccn1)C2. The van der Waals surface area contributed by atoms with Crippen LogP contribution in [0.5, 0.6) is 0 Å². The van der Waals surface area contributed by atoms with Gasteiger partial charge < -0.3 is 9.88 Å². The van der Waals surface area contributed by atoms with Crippen LogP contribution in [0.25, 0.3) is 0 Å². The van der Waals surface area contributed by atoms with E-state index in [1.165, 1.54) is 0 Å². The number of carbonyl (C=O) groups is 1. The molecule has 0 saturated heterocycles. The zero-order valence-electron chi connectivity index (χ0n) is 14.2. The van der Waals surface area contributed by atoms with Crippen LogP contribution in [0.15, 0.2) is 55.0 Å². The molecule has 0 unspecified atom stereocenters. The normalized spacial score (nSPS) is 17.7. The van der Waals surface area contributed by atoms with E-state index < -0.39 is 6.04 Å². The third kappa shape index (κ3) is 3.20. The Morgan fingerprint density at radius 3 is 2.88 bits per heavy atom. The topological polar surface area (TPSA) is 64.7 Å². The standard InChI is InChI=1S/C19H21N5O/c1-14-12-23-13-16(8-9-17(23)21-14)22-19(25)18(24-11-5-10-20-24)15-6-3-2-4-7-15/h2-7,10-12,16,18H,8-9,13H2,1H3,(H,22,25)/t16-,18+/m0/s1. The van der Waals surface area contributed by atoms with Crippen LogP contribution < -0.4 is 5.32 Å². The van der Waals surface area contributed by atoms with E-state index in [9.17, 15) is 4.79 Å². The van der Waals surface area contributed by atoms with Crippen molar-refractivity contribution in [2.24, 2.45) is 0 Å². The first-order chi connectivity index (χ1) is 12.2. The van der Waals surface area contributed by atoms with Gasteiger partial charge in [0.05, 0.1) is 5.69 Å². The average Bonchev–Trinajstić information content (AvgIpc) is 3.24. The molecule has 0 fully saturated rings. The molecule has 2 atom stereocenters. The number of aromatic nitrogens is 4. The fourth-order valence-electron chi connectivity index (χ4n) is 3.48. The minimum atomic E-state index is -0.456. The number of nitrogens with zero attached hydrogens (tertiary/aromatic N) is 4. The average molecular weight is 335 g/mol. The van der Waals surface area contributed by atoms with E-state index in [1.54, 1.807) is 10.9 Å². The van der Waals surface area contributed by atoms with Gasteiger partial charge in [0.15, 0.2) is 6.04 Å². The van der Waals surface area contributed by atoms with Crippen molar-refractivity contribution in [2.45, 2.75) is 38.4 Å². The second-order valence-corrected chi connectivity index (χ2v) is 6.49. The van der Waals surface area contributed by atoms with Crippen LogP contribution in [0.4, 0.5) is 0 Å². The van der Waals surface area contributed by atoms with Crippen LogP contribution in [0.3, 0.4) is 0 Å². The van der Waals surface area contributed by atoms with Crippen molar-refractivity contribution in [1.29, 1.82) is 0 Å². The minimum absolute atomic E-state index is 0.0276. The van der Waals surface area contributed by atoms with Crippen molar-refractivity contribution >= 4 is 5.91 Å². The van der Waals surface area contributed by atoms with Crippen molar-refractivity contribution in [1.82, 2.24) is 24.6 Å². The van der Waals surface area contributed by atoms with Crippen LogP contribution in [0, 0.1) is 6.92 Å².